The lowest BCUT2D eigenvalue weighted by Crippen LogP contribution is -2.26. The van der Waals surface area contributed by atoms with Crippen LogP contribution in [0.25, 0.3) is 0 Å². The Balaban J connectivity index is 2.41. The fourth-order valence-electron chi connectivity index (χ4n) is 2.74. The maximum atomic E-state index is 6.09. The van der Waals surface area contributed by atoms with Gasteiger partial charge in [0.15, 0.2) is 0 Å². The highest BCUT2D eigenvalue weighted by Crippen LogP contribution is 2.37. The molecule has 0 unspecified atom stereocenters. The molecular weight excluding hydrogens is 260 g/mol. The van der Waals surface area contributed by atoms with E-state index in [9.17, 15) is 0 Å². The van der Waals surface area contributed by atoms with E-state index in [-0.39, 0.29) is 18.1 Å². The monoisotopic (exact) mass is 284 g/mol. The van der Waals surface area contributed by atoms with E-state index in [4.69, 9.17) is 9.47 Å². The van der Waals surface area contributed by atoms with Gasteiger partial charge >= 0.3 is 0 Å². The molecule has 0 heterocycles. The number of ether oxygens (including phenoxy) is 2. The fourth-order valence-corrected chi connectivity index (χ4v) is 2.74. The van der Waals surface area contributed by atoms with Crippen LogP contribution in [0.1, 0.15) is 37.0 Å². The molecule has 2 aromatic carbocycles. The van der Waals surface area contributed by atoms with Crippen LogP contribution in [-0.2, 0) is 9.47 Å². The summed E-state index contributed by atoms with van der Waals surface area (Å²) in [6.07, 6.45) is 0.0673. The van der Waals surface area contributed by atoms with Crippen LogP contribution in [-0.4, -0.2) is 19.8 Å². The highest BCUT2D eigenvalue weighted by molar-refractivity contribution is 5.28. The van der Waals surface area contributed by atoms with Crippen LogP contribution < -0.4 is 0 Å². The van der Waals surface area contributed by atoms with E-state index < -0.39 is 0 Å². The maximum absolute atomic E-state index is 6.09. The zero-order chi connectivity index (χ0) is 15.1. The molecule has 0 aliphatic heterocycles. The molecule has 2 heteroatoms. The zero-order valence-electron chi connectivity index (χ0n) is 13.0. The van der Waals surface area contributed by atoms with Gasteiger partial charge in [0.1, 0.15) is 0 Å². The Kier molecular flexibility index (Phi) is 5.97. The van der Waals surface area contributed by atoms with E-state index in [1.807, 2.05) is 19.1 Å². The van der Waals surface area contributed by atoms with Crippen LogP contribution >= 0.6 is 0 Å². The third-order valence-electron chi connectivity index (χ3n) is 3.86. The van der Waals surface area contributed by atoms with Gasteiger partial charge < -0.3 is 9.47 Å². The molecule has 0 saturated heterocycles. The van der Waals surface area contributed by atoms with Crippen molar-refractivity contribution in [1.29, 1.82) is 0 Å². The maximum Gasteiger partial charge on any atom is 0.0918 e. The minimum absolute atomic E-state index is 0.00597. The molecule has 0 amide bonds. The Morgan fingerprint density at radius 3 is 1.86 bits per heavy atom. The number of hydrogen-bond acceptors (Lipinski definition) is 2. The van der Waals surface area contributed by atoms with Gasteiger partial charge in [0.25, 0.3) is 0 Å². The first-order valence-corrected chi connectivity index (χ1v) is 7.52. The van der Waals surface area contributed by atoms with Gasteiger partial charge in [-0.15, -0.1) is 0 Å². The molecule has 0 aliphatic rings. The minimum atomic E-state index is -0.00597. The molecule has 112 valence electrons. The van der Waals surface area contributed by atoms with Crippen molar-refractivity contribution in [1.82, 2.24) is 0 Å². The molecule has 21 heavy (non-hydrogen) atoms. The number of hydrogen-bond donors (Lipinski definition) is 0. The summed E-state index contributed by atoms with van der Waals surface area (Å²) < 4.78 is 11.7. The summed E-state index contributed by atoms with van der Waals surface area (Å²) in [6.45, 7) is 4.82. The fraction of sp³-hybridized carbons (Fsp3) is 0.368. The lowest BCUT2D eigenvalue weighted by molar-refractivity contribution is -0.0120. The Hall–Kier alpha value is -1.64. The lowest BCUT2D eigenvalue weighted by Gasteiger charge is -2.31. The van der Waals surface area contributed by atoms with Gasteiger partial charge in [0.2, 0.25) is 0 Å². The molecular formula is C19H24O2. The summed E-state index contributed by atoms with van der Waals surface area (Å²) >= 11 is 0. The summed E-state index contributed by atoms with van der Waals surface area (Å²) in [5.74, 6) is 0.165. The highest BCUT2D eigenvalue weighted by Gasteiger charge is 2.30. The van der Waals surface area contributed by atoms with Crippen molar-refractivity contribution in [3.63, 3.8) is 0 Å². The van der Waals surface area contributed by atoms with E-state index in [2.05, 4.69) is 55.5 Å². The SMILES string of the molecule is CCO[C@@H](c1ccccc1)[C@H](c1ccccc1)[C@H](C)OC. The molecule has 0 radical (unpaired) electrons. The summed E-state index contributed by atoms with van der Waals surface area (Å²) in [5.41, 5.74) is 2.44. The van der Waals surface area contributed by atoms with Crippen molar-refractivity contribution in [3.8, 4) is 0 Å². The van der Waals surface area contributed by atoms with Gasteiger partial charge in [-0.1, -0.05) is 60.7 Å². The summed E-state index contributed by atoms with van der Waals surface area (Å²) in [7, 11) is 1.76. The van der Waals surface area contributed by atoms with E-state index >= 15 is 0 Å². The number of methoxy groups -OCH3 is 1. The molecule has 0 aliphatic carbocycles. The molecule has 2 rings (SSSR count). The second kappa shape index (κ2) is 7.96. The second-order valence-electron chi connectivity index (χ2n) is 5.16. The predicted octanol–water partition coefficient (Wildman–Crippen LogP) is 4.58. The summed E-state index contributed by atoms with van der Waals surface area (Å²) in [5, 5.41) is 0. The van der Waals surface area contributed by atoms with E-state index in [1.165, 1.54) is 11.1 Å². The van der Waals surface area contributed by atoms with Crippen LogP contribution in [0.3, 0.4) is 0 Å². The third-order valence-corrected chi connectivity index (χ3v) is 3.86. The van der Waals surface area contributed by atoms with Crippen LogP contribution in [0.5, 0.6) is 0 Å². The molecule has 2 nitrogen and oxygen atoms in total. The first kappa shape index (κ1) is 15.7. The average molecular weight is 284 g/mol. The second-order valence-corrected chi connectivity index (χ2v) is 5.16. The van der Waals surface area contributed by atoms with Gasteiger partial charge in [-0.25, -0.2) is 0 Å². The van der Waals surface area contributed by atoms with E-state index in [0.717, 1.165) is 0 Å². The first-order valence-electron chi connectivity index (χ1n) is 7.52. The summed E-state index contributed by atoms with van der Waals surface area (Å²) in [4.78, 5) is 0. The van der Waals surface area contributed by atoms with Crippen molar-refractivity contribution < 1.29 is 9.47 Å². The average Bonchev–Trinajstić information content (AvgIpc) is 2.56. The molecule has 0 saturated carbocycles. The quantitative estimate of drug-likeness (QED) is 0.740. The predicted molar refractivity (Wildman–Crippen MR) is 86.5 cm³/mol. The topological polar surface area (TPSA) is 18.5 Å². The van der Waals surface area contributed by atoms with Gasteiger partial charge in [-0.2, -0.15) is 0 Å². The highest BCUT2D eigenvalue weighted by atomic mass is 16.5. The van der Waals surface area contributed by atoms with Gasteiger partial charge in [0, 0.05) is 19.6 Å². The van der Waals surface area contributed by atoms with Crippen molar-refractivity contribution in [2.75, 3.05) is 13.7 Å². The molecule has 3 atom stereocenters. The normalized spacial score (nSPS) is 15.4. The molecule has 0 aromatic heterocycles. The van der Waals surface area contributed by atoms with Crippen molar-refractivity contribution in [2.24, 2.45) is 0 Å². The van der Waals surface area contributed by atoms with Crippen molar-refractivity contribution >= 4 is 0 Å². The van der Waals surface area contributed by atoms with Gasteiger partial charge in [0.05, 0.1) is 12.2 Å². The minimum Gasteiger partial charge on any atom is -0.381 e. The largest absolute Gasteiger partial charge is 0.381 e. The van der Waals surface area contributed by atoms with Crippen molar-refractivity contribution in [2.45, 2.75) is 32.0 Å². The smallest absolute Gasteiger partial charge is 0.0918 e. The Bertz CT molecular complexity index is 510. The van der Waals surface area contributed by atoms with Gasteiger partial charge in [-0.05, 0) is 25.0 Å². The van der Waals surface area contributed by atoms with Crippen LogP contribution in [0, 0.1) is 0 Å². The number of benzene rings is 2. The standard InChI is InChI=1S/C19H24O2/c1-4-21-19(17-13-9-6-10-14-17)18(15(2)20-3)16-11-7-5-8-12-16/h5-15,18-19H,4H2,1-3H3/t15-,18-,19-/m0/s1. The van der Waals surface area contributed by atoms with Crippen LogP contribution in [0.4, 0.5) is 0 Å². The molecule has 2 aromatic rings. The van der Waals surface area contributed by atoms with E-state index in [0.29, 0.717) is 6.61 Å². The Morgan fingerprint density at radius 1 is 0.857 bits per heavy atom. The van der Waals surface area contributed by atoms with Crippen LogP contribution in [0.2, 0.25) is 0 Å². The Morgan fingerprint density at radius 2 is 1.38 bits per heavy atom. The Labute approximate surface area is 127 Å². The first-order chi connectivity index (χ1) is 10.3. The lowest BCUT2D eigenvalue weighted by atomic mass is 9.85. The van der Waals surface area contributed by atoms with Gasteiger partial charge in [-0.3, -0.25) is 0 Å². The van der Waals surface area contributed by atoms with Crippen molar-refractivity contribution in [3.05, 3.63) is 71.8 Å². The van der Waals surface area contributed by atoms with E-state index in [1.54, 1.807) is 7.11 Å². The third kappa shape index (κ3) is 3.93. The zero-order valence-corrected chi connectivity index (χ0v) is 13.0. The molecule has 0 bridgehead atoms. The molecule has 0 spiro atoms. The number of rotatable bonds is 7. The summed E-state index contributed by atoms with van der Waals surface area (Å²) in [6, 6.07) is 20.9. The van der Waals surface area contributed by atoms with Crippen LogP contribution in [0.15, 0.2) is 60.7 Å². The molecule has 0 fully saturated rings. The molecule has 0 N–H and O–H groups in total.